The first-order valence-electron chi connectivity index (χ1n) is 29.2. The summed E-state index contributed by atoms with van der Waals surface area (Å²) in [6, 6.07) is -0.701. The Morgan fingerprint density at radius 1 is 0.439 bits per heavy atom. The molecular formula is C60H113NO5. The van der Waals surface area contributed by atoms with Crippen molar-refractivity contribution in [1.82, 2.24) is 5.32 Å². The quantitative estimate of drug-likeness (QED) is 0.0321. The minimum atomic E-state index is -0.788. The number of aliphatic hydroxyl groups excluding tert-OH is 2. The molecule has 3 atom stereocenters. The van der Waals surface area contributed by atoms with Gasteiger partial charge in [0.1, 0.15) is 6.10 Å². The minimum absolute atomic E-state index is 0.0767. The number of aliphatic hydroxyl groups is 2. The van der Waals surface area contributed by atoms with E-state index in [2.05, 4.69) is 62.5 Å². The summed E-state index contributed by atoms with van der Waals surface area (Å²) in [4.78, 5) is 26.3. The smallest absolute Gasteiger partial charge is 0.306 e. The van der Waals surface area contributed by atoms with Gasteiger partial charge in [-0.25, -0.2) is 0 Å². The lowest BCUT2D eigenvalue weighted by Gasteiger charge is -2.24. The zero-order valence-electron chi connectivity index (χ0n) is 44.3. The molecular weight excluding hydrogens is 815 g/mol. The van der Waals surface area contributed by atoms with Crippen LogP contribution < -0.4 is 5.32 Å². The Kier molecular flexibility index (Phi) is 52.5. The fourth-order valence-electron chi connectivity index (χ4n) is 9.03. The van der Waals surface area contributed by atoms with E-state index in [1.165, 1.54) is 199 Å². The van der Waals surface area contributed by atoms with Crippen molar-refractivity contribution in [2.24, 2.45) is 0 Å². The molecule has 0 fully saturated rings. The number of hydrogen-bond donors (Lipinski definition) is 3. The highest BCUT2D eigenvalue weighted by atomic mass is 16.5. The maximum Gasteiger partial charge on any atom is 0.306 e. The summed E-state index contributed by atoms with van der Waals surface area (Å²) in [5.41, 5.74) is 0. The Balaban J connectivity index is 4.48. The molecule has 3 N–H and O–H groups in total. The highest BCUT2D eigenvalue weighted by Crippen LogP contribution is 2.19. The van der Waals surface area contributed by atoms with E-state index in [0.717, 1.165) is 64.2 Å². The van der Waals surface area contributed by atoms with Crippen LogP contribution in [-0.2, 0) is 14.3 Å². The molecule has 0 heterocycles. The van der Waals surface area contributed by atoms with E-state index in [1.807, 2.05) is 0 Å². The fraction of sp³-hybridized carbons (Fsp3) is 0.867. The summed E-state index contributed by atoms with van der Waals surface area (Å²) >= 11 is 0. The van der Waals surface area contributed by atoms with Gasteiger partial charge in [0.05, 0.1) is 25.2 Å². The van der Waals surface area contributed by atoms with Crippen molar-refractivity contribution < 1.29 is 24.5 Å². The van der Waals surface area contributed by atoms with E-state index in [1.54, 1.807) is 0 Å². The first-order chi connectivity index (χ1) is 32.5. The summed E-state index contributed by atoms with van der Waals surface area (Å²) in [7, 11) is 0. The number of amides is 1. The first-order valence-corrected chi connectivity index (χ1v) is 29.2. The maximum atomic E-state index is 13.3. The highest BCUT2D eigenvalue weighted by Gasteiger charge is 2.24. The van der Waals surface area contributed by atoms with Gasteiger partial charge in [0.25, 0.3) is 0 Å². The van der Waals surface area contributed by atoms with Crippen molar-refractivity contribution in [2.75, 3.05) is 6.61 Å². The van der Waals surface area contributed by atoms with Gasteiger partial charge in [0, 0.05) is 6.42 Å². The van der Waals surface area contributed by atoms with E-state index in [0.29, 0.717) is 19.3 Å². The second-order valence-corrected chi connectivity index (χ2v) is 20.1. The molecule has 0 rings (SSSR count). The number of hydrogen-bond acceptors (Lipinski definition) is 5. The predicted octanol–water partition coefficient (Wildman–Crippen LogP) is 18.0. The molecule has 66 heavy (non-hydrogen) atoms. The lowest BCUT2D eigenvalue weighted by molar-refractivity contribution is -0.151. The minimum Gasteiger partial charge on any atom is -0.462 e. The molecule has 0 spiro atoms. The third kappa shape index (κ3) is 48.5. The Labute approximate surface area is 411 Å². The molecule has 6 nitrogen and oxygen atoms in total. The van der Waals surface area contributed by atoms with Crippen LogP contribution in [0.1, 0.15) is 310 Å². The Morgan fingerprint density at radius 3 is 1.20 bits per heavy atom. The van der Waals surface area contributed by atoms with E-state index in [4.69, 9.17) is 4.74 Å². The lowest BCUT2D eigenvalue weighted by Crippen LogP contribution is -2.46. The third-order valence-electron chi connectivity index (χ3n) is 13.5. The number of ether oxygens (including phenoxy) is 1. The Hall–Kier alpha value is -1.92. The van der Waals surface area contributed by atoms with Crippen LogP contribution in [0.2, 0.25) is 0 Å². The molecule has 0 saturated carbocycles. The highest BCUT2D eigenvalue weighted by molar-refractivity contribution is 5.77. The van der Waals surface area contributed by atoms with Gasteiger partial charge >= 0.3 is 5.97 Å². The second-order valence-electron chi connectivity index (χ2n) is 20.1. The van der Waals surface area contributed by atoms with Crippen molar-refractivity contribution in [1.29, 1.82) is 0 Å². The third-order valence-corrected chi connectivity index (χ3v) is 13.5. The van der Waals surface area contributed by atoms with E-state index >= 15 is 0 Å². The van der Waals surface area contributed by atoms with Crippen LogP contribution in [0.3, 0.4) is 0 Å². The van der Waals surface area contributed by atoms with Crippen LogP contribution in [0, 0.1) is 0 Å². The van der Waals surface area contributed by atoms with Gasteiger partial charge in [-0.1, -0.05) is 269 Å². The Morgan fingerprint density at radius 2 is 0.773 bits per heavy atom. The van der Waals surface area contributed by atoms with Crippen molar-refractivity contribution in [3.8, 4) is 0 Å². The molecule has 0 bridgehead atoms. The number of carbonyl (C=O) groups is 2. The summed E-state index contributed by atoms with van der Waals surface area (Å²) in [6.07, 6.45) is 64.9. The van der Waals surface area contributed by atoms with Gasteiger partial charge in [0.15, 0.2) is 0 Å². The topological polar surface area (TPSA) is 95.9 Å². The molecule has 0 aliphatic heterocycles. The number of esters is 1. The number of carbonyl (C=O) groups excluding carboxylic acids is 2. The van der Waals surface area contributed by atoms with Crippen LogP contribution in [0.15, 0.2) is 36.5 Å². The van der Waals surface area contributed by atoms with Gasteiger partial charge in [-0.2, -0.15) is 0 Å². The average molecular weight is 929 g/mol. The van der Waals surface area contributed by atoms with Crippen molar-refractivity contribution >= 4 is 11.9 Å². The van der Waals surface area contributed by atoms with E-state index in [-0.39, 0.29) is 24.9 Å². The van der Waals surface area contributed by atoms with Crippen LogP contribution in [0.5, 0.6) is 0 Å². The molecule has 3 unspecified atom stereocenters. The van der Waals surface area contributed by atoms with Gasteiger partial charge in [-0.05, 0) is 64.2 Å². The molecule has 0 aromatic carbocycles. The monoisotopic (exact) mass is 928 g/mol. The van der Waals surface area contributed by atoms with Crippen LogP contribution in [-0.4, -0.2) is 46.9 Å². The number of nitrogens with one attached hydrogen (secondary N) is 1. The predicted molar refractivity (Wildman–Crippen MR) is 287 cm³/mol. The summed E-state index contributed by atoms with van der Waals surface area (Å²) in [5.74, 6) is -0.472. The van der Waals surface area contributed by atoms with Gasteiger partial charge in [-0.15, -0.1) is 0 Å². The molecule has 388 valence electrons. The second kappa shape index (κ2) is 54.0. The fourth-order valence-corrected chi connectivity index (χ4v) is 9.03. The molecule has 1 amide bonds. The zero-order valence-corrected chi connectivity index (χ0v) is 44.3. The van der Waals surface area contributed by atoms with E-state index < -0.39 is 18.2 Å². The van der Waals surface area contributed by atoms with Gasteiger partial charge < -0.3 is 20.3 Å². The molecule has 0 aromatic heterocycles. The number of rotatable bonds is 53. The van der Waals surface area contributed by atoms with Crippen molar-refractivity contribution in [3.63, 3.8) is 0 Å². The Bertz CT molecular complexity index is 1090. The molecule has 0 radical (unpaired) electrons. The standard InChI is InChI=1S/C60H113NO5/c1-4-7-10-13-16-19-22-25-27-29-30-31-33-35-38-41-44-47-50-53-60(65)66-56(51-48-45-42-39-36-24-21-18-15-12-9-6-3)54-59(64)61-57(55-62)58(63)52-49-46-43-40-37-34-32-28-26-23-20-17-14-11-8-5-2/h16,19,25,27,30-31,56-58,62-63H,4-15,17-18,20-24,26,28-29,32-55H2,1-3H3,(H,61,64)/b19-16-,27-25-,31-30-. The zero-order chi connectivity index (χ0) is 48.1. The van der Waals surface area contributed by atoms with Crippen LogP contribution >= 0.6 is 0 Å². The van der Waals surface area contributed by atoms with Crippen LogP contribution in [0.25, 0.3) is 0 Å². The maximum absolute atomic E-state index is 13.3. The summed E-state index contributed by atoms with van der Waals surface area (Å²) in [5, 5.41) is 23.9. The van der Waals surface area contributed by atoms with Crippen LogP contribution in [0.4, 0.5) is 0 Å². The number of unbranched alkanes of at least 4 members (excludes halogenated alkanes) is 35. The molecule has 6 heteroatoms. The average Bonchev–Trinajstić information content (AvgIpc) is 3.31. The van der Waals surface area contributed by atoms with Crippen molar-refractivity contribution in [2.45, 2.75) is 328 Å². The van der Waals surface area contributed by atoms with E-state index in [9.17, 15) is 19.8 Å². The van der Waals surface area contributed by atoms with Gasteiger partial charge in [-0.3, -0.25) is 9.59 Å². The lowest BCUT2D eigenvalue weighted by atomic mass is 10.0. The van der Waals surface area contributed by atoms with Gasteiger partial charge in [0.2, 0.25) is 5.91 Å². The molecule has 0 aliphatic carbocycles. The van der Waals surface area contributed by atoms with Crippen molar-refractivity contribution in [3.05, 3.63) is 36.5 Å². The number of allylic oxidation sites excluding steroid dienone is 6. The summed E-state index contributed by atoms with van der Waals surface area (Å²) < 4.78 is 5.96. The SMILES string of the molecule is CCCCC/C=C\C/C=C\C/C=C\CCCCCCCCC(=O)OC(CCCCCCCCCCCCCC)CC(=O)NC(CO)C(O)CCCCCCCCCCCCCCCCCC. The molecule has 0 aromatic rings. The molecule has 0 aliphatic rings. The largest absolute Gasteiger partial charge is 0.462 e. The molecule has 0 saturated heterocycles. The summed E-state index contributed by atoms with van der Waals surface area (Å²) in [6.45, 7) is 6.49. The first kappa shape index (κ1) is 64.1. The normalized spacial score (nSPS) is 13.3.